The van der Waals surface area contributed by atoms with Gasteiger partial charge in [-0.05, 0) is 51.4 Å². The van der Waals surface area contributed by atoms with Gasteiger partial charge in [0.05, 0.1) is 0 Å². The van der Waals surface area contributed by atoms with Crippen molar-refractivity contribution in [2.45, 2.75) is 58.3 Å². The molecule has 1 aliphatic carbocycles. The normalized spacial score (nSPS) is 17.4. The van der Waals surface area contributed by atoms with Gasteiger partial charge in [0.15, 0.2) is 5.82 Å². The fraction of sp³-hybridized carbons (Fsp3) is 0.619. The molecule has 0 atom stereocenters. The minimum Gasteiger partial charge on any atom is -0.338 e. The molecule has 3 N–H and O–H groups in total. The number of likely N-dealkylation sites (tertiary alicyclic amines) is 1. The minimum absolute atomic E-state index is 0.0733. The van der Waals surface area contributed by atoms with Crippen molar-refractivity contribution in [2.75, 3.05) is 25.0 Å². The molecule has 1 aliphatic heterocycles. The first-order valence-corrected chi connectivity index (χ1v) is 10.8. The highest BCUT2D eigenvalue weighted by molar-refractivity contribution is 5.74. The molecule has 0 unspecified atom stereocenters. The first-order chi connectivity index (χ1) is 14.1. The number of piperidine rings is 1. The largest absolute Gasteiger partial charge is 0.338 e. The molecule has 8 nitrogen and oxygen atoms in total. The van der Waals surface area contributed by atoms with Crippen LogP contribution < -0.4 is 10.6 Å². The smallest absolute Gasteiger partial charge is 0.317 e. The van der Waals surface area contributed by atoms with E-state index in [0.29, 0.717) is 11.8 Å². The highest BCUT2D eigenvalue weighted by Crippen LogP contribution is 2.39. The van der Waals surface area contributed by atoms with Crippen molar-refractivity contribution in [3.63, 3.8) is 0 Å². The number of amides is 2. The Bertz CT molecular complexity index is 837. The van der Waals surface area contributed by atoms with Crippen LogP contribution >= 0.6 is 0 Å². The van der Waals surface area contributed by atoms with Crippen LogP contribution in [0.15, 0.2) is 12.1 Å². The molecule has 0 aromatic carbocycles. The number of hydrogen-bond donors (Lipinski definition) is 3. The molecule has 1 saturated heterocycles. The Balaban J connectivity index is 1.39. The highest BCUT2D eigenvalue weighted by atomic mass is 16.2. The Hall–Kier alpha value is -2.64. The Labute approximate surface area is 171 Å². The standard InChI is InChI=1S/C21H31N7O/c1-3-8-22-21(29)28-9-6-15(7-10-28)12-17-13-18(24-19-11-14(2)26-27-19)25-20(23-17)16-4-5-16/h11,13,15-16H,3-10,12H2,1-2H3,(H,22,29)(H2,23,24,25,26,27). The maximum absolute atomic E-state index is 12.1. The summed E-state index contributed by atoms with van der Waals surface area (Å²) >= 11 is 0. The summed E-state index contributed by atoms with van der Waals surface area (Å²) in [5, 5.41) is 13.5. The van der Waals surface area contributed by atoms with Gasteiger partial charge in [-0.15, -0.1) is 0 Å². The van der Waals surface area contributed by atoms with Gasteiger partial charge in [-0.2, -0.15) is 5.10 Å². The van der Waals surface area contributed by atoms with Gasteiger partial charge in [0, 0.05) is 49.1 Å². The Morgan fingerprint density at radius 1 is 1.17 bits per heavy atom. The van der Waals surface area contributed by atoms with Crippen LogP contribution in [0.2, 0.25) is 0 Å². The molecule has 2 fully saturated rings. The van der Waals surface area contributed by atoms with Gasteiger partial charge in [-0.1, -0.05) is 6.92 Å². The SMILES string of the molecule is CCCNC(=O)N1CCC(Cc2cc(Nc3cc(C)[nH]n3)nc(C3CC3)n2)CC1. The third-order valence-corrected chi connectivity index (χ3v) is 5.63. The maximum Gasteiger partial charge on any atom is 0.317 e. The van der Waals surface area contributed by atoms with E-state index >= 15 is 0 Å². The van der Waals surface area contributed by atoms with Crippen LogP contribution in [0.4, 0.5) is 16.4 Å². The number of H-pyrrole nitrogens is 1. The number of anilines is 2. The Morgan fingerprint density at radius 3 is 2.62 bits per heavy atom. The van der Waals surface area contributed by atoms with E-state index in [4.69, 9.17) is 9.97 Å². The van der Waals surface area contributed by atoms with Crippen LogP contribution in [0.3, 0.4) is 0 Å². The van der Waals surface area contributed by atoms with Crippen molar-refractivity contribution in [3.8, 4) is 0 Å². The van der Waals surface area contributed by atoms with Crippen molar-refractivity contribution in [2.24, 2.45) is 5.92 Å². The number of aromatic amines is 1. The average Bonchev–Trinajstić information content (AvgIpc) is 3.49. The summed E-state index contributed by atoms with van der Waals surface area (Å²) in [5.74, 6) is 3.60. The first-order valence-electron chi connectivity index (χ1n) is 10.8. The monoisotopic (exact) mass is 397 g/mol. The molecular formula is C21H31N7O. The highest BCUT2D eigenvalue weighted by Gasteiger charge is 2.28. The molecular weight excluding hydrogens is 366 g/mol. The fourth-order valence-corrected chi connectivity index (χ4v) is 3.80. The predicted octanol–water partition coefficient (Wildman–Crippen LogP) is 3.50. The number of carbonyl (C=O) groups excluding carboxylic acids is 1. The predicted molar refractivity (Wildman–Crippen MR) is 112 cm³/mol. The number of rotatable bonds is 7. The molecule has 156 valence electrons. The van der Waals surface area contributed by atoms with Crippen LogP contribution in [-0.2, 0) is 6.42 Å². The first kappa shape index (κ1) is 19.7. The number of nitrogens with one attached hydrogen (secondary N) is 3. The number of urea groups is 1. The number of nitrogens with zero attached hydrogens (tertiary/aromatic N) is 4. The summed E-state index contributed by atoms with van der Waals surface area (Å²) < 4.78 is 0. The van der Waals surface area contributed by atoms with Crippen molar-refractivity contribution in [1.82, 2.24) is 30.4 Å². The van der Waals surface area contributed by atoms with E-state index < -0.39 is 0 Å². The van der Waals surface area contributed by atoms with Crippen molar-refractivity contribution < 1.29 is 4.79 Å². The summed E-state index contributed by atoms with van der Waals surface area (Å²) in [5.41, 5.74) is 2.10. The lowest BCUT2D eigenvalue weighted by atomic mass is 9.92. The van der Waals surface area contributed by atoms with Crippen LogP contribution in [0.25, 0.3) is 0 Å². The van der Waals surface area contributed by atoms with E-state index in [1.165, 1.54) is 12.8 Å². The van der Waals surface area contributed by atoms with Crippen molar-refractivity contribution >= 4 is 17.7 Å². The number of carbonyl (C=O) groups is 1. The van der Waals surface area contributed by atoms with Gasteiger partial charge >= 0.3 is 6.03 Å². The molecule has 3 heterocycles. The molecule has 4 rings (SSSR count). The maximum atomic E-state index is 12.1. The second kappa shape index (κ2) is 8.80. The fourth-order valence-electron chi connectivity index (χ4n) is 3.80. The van der Waals surface area contributed by atoms with Gasteiger partial charge in [0.2, 0.25) is 0 Å². The molecule has 2 aromatic heterocycles. The van der Waals surface area contributed by atoms with Gasteiger partial charge in [-0.25, -0.2) is 14.8 Å². The second-order valence-corrected chi connectivity index (χ2v) is 8.30. The van der Waals surface area contributed by atoms with Gasteiger partial charge in [0.1, 0.15) is 11.6 Å². The second-order valence-electron chi connectivity index (χ2n) is 8.30. The third-order valence-electron chi connectivity index (χ3n) is 5.63. The lowest BCUT2D eigenvalue weighted by molar-refractivity contribution is 0.170. The Morgan fingerprint density at radius 2 is 1.97 bits per heavy atom. The summed E-state index contributed by atoms with van der Waals surface area (Å²) in [6.45, 7) is 6.43. The van der Waals surface area contributed by atoms with E-state index in [1.54, 1.807) is 0 Å². The molecule has 0 radical (unpaired) electrons. The van der Waals surface area contributed by atoms with Crippen LogP contribution in [0, 0.1) is 12.8 Å². The topological polar surface area (TPSA) is 98.8 Å². The lowest BCUT2D eigenvalue weighted by Crippen LogP contribution is -2.44. The number of aryl methyl sites for hydroxylation is 1. The summed E-state index contributed by atoms with van der Waals surface area (Å²) in [7, 11) is 0. The molecule has 1 saturated carbocycles. The molecule has 0 bridgehead atoms. The summed E-state index contributed by atoms with van der Waals surface area (Å²) in [6.07, 6.45) is 6.28. The van der Waals surface area contributed by atoms with E-state index in [-0.39, 0.29) is 6.03 Å². The van der Waals surface area contributed by atoms with Gasteiger partial charge in [0.25, 0.3) is 0 Å². The van der Waals surface area contributed by atoms with Crippen LogP contribution in [0.5, 0.6) is 0 Å². The molecule has 0 spiro atoms. The average molecular weight is 398 g/mol. The zero-order chi connectivity index (χ0) is 20.2. The number of hydrogen-bond acceptors (Lipinski definition) is 5. The van der Waals surface area contributed by atoms with Gasteiger partial charge in [-0.3, -0.25) is 5.10 Å². The molecule has 2 aromatic rings. The zero-order valence-corrected chi connectivity index (χ0v) is 17.4. The lowest BCUT2D eigenvalue weighted by Gasteiger charge is -2.32. The van der Waals surface area contributed by atoms with E-state index in [2.05, 4.69) is 33.8 Å². The quantitative estimate of drug-likeness (QED) is 0.664. The Kier molecular flexibility index (Phi) is 5.97. The van der Waals surface area contributed by atoms with Crippen LogP contribution in [0.1, 0.15) is 62.2 Å². The molecule has 2 amide bonds. The summed E-state index contributed by atoms with van der Waals surface area (Å²) in [4.78, 5) is 23.7. The van der Waals surface area contributed by atoms with Crippen LogP contribution in [-0.4, -0.2) is 50.7 Å². The van der Waals surface area contributed by atoms with Crippen molar-refractivity contribution in [3.05, 3.63) is 29.3 Å². The molecule has 2 aliphatic rings. The molecule has 29 heavy (non-hydrogen) atoms. The van der Waals surface area contributed by atoms with E-state index in [1.807, 2.05) is 17.9 Å². The zero-order valence-electron chi connectivity index (χ0n) is 17.4. The van der Waals surface area contributed by atoms with E-state index in [0.717, 1.165) is 74.2 Å². The van der Waals surface area contributed by atoms with E-state index in [9.17, 15) is 4.79 Å². The number of aromatic nitrogens is 4. The molecule has 8 heteroatoms. The summed E-state index contributed by atoms with van der Waals surface area (Å²) in [6, 6.07) is 4.10. The minimum atomic E-state index is 0.0733. The van der Waals surface area contributed by atoms with Gasteiger partial charge < -0.3 is 15.5 Å². The van der Waals surface area contributed by atoms with Crippen molar-refractivity contribution in [1.29, 1.82) is 0 Å². The third kappa shape index (κ3) is 5.25.